The number of benzene rings is 1. The molecule has 6 nitrogen and oxygen atoms in total. The Labute approximate surface area is 153 Å². The van der Waals surface area contributed by atoms with Crippen molar-refractivity contribution in [3.05, 3.63) is 42.6 Å². The molecule has 2 aromatic rings. The second-order valence-corrected chi connectivity index (χ2v) is 7.30. The van der Waals surface area contributed by atoms with Crippen LogP contribution in [0.2, 0.25) is 0 Å². The van der Waals surface area contributed by atoms with E-state index in [-0.39, 0.29) is 12.0 Å². The second-order valence-electron chi connectivity index (χ2n) is 7.30. The normalized spacial score (nSPS) is 28.9. The van der Waals surface area contributed by atoms with Crippen molar-refractivity contribution in [3.8, 4) is 11.6 Å². The van der Waals surface area contributed by atoms with Crippen LogP contribution in [0.1, 0.15) is 26.2 Å². The number of nitrogens with zero attached hydrogens (tertiary/aromatic N) is 3. The van der Waals surface area contributed by atoms with Gasteiger partial charge in [0.2, 0.25) is 11.8 Å². The molecule has 2 aliphatic rings. The zero-order valence-corrected chi connectivity index (χ0v) is 15.0. The Hall–Kier alpha value is -2.18. The lowest BCUT2D eigenvalue weighted by molar-refractivity contribution is -0.108. The van der Waals surface area contributed by atoms with Gasteiger partial charge in [0.25, 0.3) is 0 Å². The second kappa shape index (κ2) is 7.21. The largest absolute Gasteiger partial charge is 0.439 e. The van der Waals surface area contributed by atoms with Crippen LogP contribution in [-0.4, -0.2) is 46.5 Å². The van der Waals surface area contributed by atoms with Crippen molar-refractivity contribution >= 4 is 5.95 Å². The maximum atomic E-state index is 10.8. The van der Waals surface area contributed by atoms with Crippen LogP contribution in [0.5, 0.6) is 11.6 Å². The SMILES string of the molecule is CC1(O)CCOCC1C1CCCN1c1nccc(Oc2ccccc2)n1. The summed E-state index contributed by atoms with van der Waals surface area (Å²) in [5.74, 6) is 1.99. The lowest BCUT2D eigenvalue weighted by Gasteiger charge is -2.43. The Morgan fingerprint density at radius 3 is 2.92 bits per heavy atom. The molecule has 0 bridgehead atoms. The molecular weight excluding hydrogens is 330 g/mol. The van der Waals surface area contributed by atoms with Crippen LogP contribution in [0.3, 0.4) is 0 Å². The number of aliphatic hydroxyl groups is 1. The summed E-state index contributed by atoms with van der Waals surface area (Å²) in [6, 6.07) is 11.6. The molecule has 2 aliphatic heterocycles. The van der Waals surface area contributed by atoms with Gasteiger partial charge in [-0.2, -0.15) is 4.98 Å². The zero-order chi connectivity index (χ0) is 18.0. The smallest absolute Gasteiger partial charge is 0.228 e. The fraction of sp³-hybridized carbons (Fsp3) is 0.500. The van der Waals surface area contributed by atoms with Gasteiger partial charge < -0.3 is 19.5 Å². The van der Waals surface area contributed by atoms with Crippen LogP contribution in [0.4, 0.5) is 5.95 Å². The lowest BCUT2D eigenvalue weighted by atomic mass is 9.79. The van der Waals surface area contributed by atoms with Crippen LogP contribution in [-0.2, 0) is 4.74 Å². The van der Waals surface area contributed by atoms with Gasteiger partial charge in [-0.3, -0.25) is 0 Å². The standard InChI is InChI=1S/C20H25N3O3/c1-20(24)10-13-25-14-16(20)17-8-5-12-23(17)19-21-11-9-18(22-19)26-15-6-3-2-4-7-15/h2-4,6-7,9,11,16-17,24H,5,8,10,12-14H2,1H3. The van der Waals surface area contributed by atoms with Gasteiger partial charge in [0.1, 0.15) is 5.75 Å². The minimum Gasteiger partial charge on any atom is -0.439 e. The maximum absolute atomic E-state index is 10.8. The number of hydrogen-bond donors (Lipinski definition) is 1. The number of anilines is 1. The van der Waals surface area contributed by atoms with Crippen LogP contribution >= 0.6 is 0 Å². The Morgan fingerprint density at radius 1 is 1.27 bits per heavy atom. The Bertz CT molecular complexity index is 738. The van der Waals surface area contributed by atoms with Crippen LogP contribution < -0.4 is 9.64 Å². The Morgan fingerprint density at radius 2 is 2.12 bits per heavy atom. The fourth-order valence-electron chi connectivity index (χ4n) is 3.98. The van der Waals surface area contributed by atoms with Crippen molar-refractivity contribution in [1.82, 2.24) is 9.97 Å². The minimum atomic E-state index is -0.719. The summed E-state index contributed by atoms with van der Waals surface area (Å²) in [7, 11) is 0. The topological polar surface area (TPSA) is 67.7 Å². The van der Waals surface area contributed by atoms with Gasteiger partial charge >= 0.3 is 0 Å². The molecule has 0 spiro atoms. The third kappa shape index (κ3) is 3.52. The van der Waals surface area contributed by atoms with E-state index in [1.165, 1.54) is 0 Å². The van der Waals surface area contributed by atoms with E-state index in [2.05, 4.69) is 14.9 Å². The summed E-state index contributed by atoms with van der Waals surface area (Å²) in [4.78, 5) is 11.3. The molecule has 0 aliphatic carbocycles. The summed E-state index contributed by atoms with van der Waals surface area (Å²) in [5, 5.41) is 10.8. The molecule has 3 unspecified atom stereocenters. The first kappa shape index (κ1) is 17.2. The van der Waals surface area contributed by atoms with E-state index < -0.39 is 5.60 Å². The molecule has 6 heteroatoms. The first-order chi connectivity index (χ1) is 12.6. The molecule has 1 aromatic heterocycles. The van der Waals surface area contributed by atoms with Crippen molar-refractivity contribution in [2.24, 2.45) is 5.92 Å². The molecule has 2 fully saturated rings. The van der Waals surface area contributed by atoms with E-state index in [0.29, 0.717) is 31.5 Å². The number of rotatable bonds is 4. The van der Waals surface area contributed by atoms with E-state index in [0.717, 1.165) is 25.1 Å². The van der Waals surface area contributed by atoms with Gasteiger partial charge in [-0.15, -0.1) is 0 Å². The number of hydrogen-bond acceptors (Lipinski definition) is 6. The predicted octanol–water partition coefficient (Wildman–Crippen LogP) is 3.03. The van der Waals surface area contributed by atoms with Crippen molar-refractivity contribution < 1.29 is 14.6 Å². The fourth-order valence-corrected chi connectivity index (χ4v) is 3.98. The molecule has 26 heavy (non-hydrogen) atoms. The highest BCUT2D eigenvalue weighted by atomic mass is 16.5. The van der Waals surface area contributed by atoms with Crippen molar-refractivity contribution in [1.29, 1.82) is 0 Å². The minimum absolute atomic E-state index is 0.0565. The average Bonchev–Trinajstić information content (AvgIpc) is 3.12. The third-order valence-electron chi connectivity index (χ3n) is 5.45. The van der Waals surface area contributed by atoms with Crippen molar-refractivity contribution in [2.45, 2.75) is 37.8 Å². The van der Waals surface area contributed by atoms with Gasteiger partial charge in [-0.05, 0) is 38.3 Å². The molecular formula is C20H25N3O3. The third-order valence-corrected chi connectivity index (χ3v) is 5.45. The zero-order valence-electron chi connectivity index (χ0n) is 15.0. The molecule has 138 valence electrons. The van der Waals surface area contributed by atoms with Crippen LogP contribution in [0.25, 0.3) is 0 Å². The number of aromatic nitrogens is 2. The molecule has 0 saturated carbocycles. The van der Waals surface area contributed by atoms with Crippen molar-refractivity contribution in [3.63, 3.8) is 0 Å². The van der Waals surface area contributed by atoms with E-state index >= 15 is 0 Å². The van der Waals surface area contributed by atoms with Gasteiger partial charge in [0.05, 0.1) is 12.2 Å². The quantitative estimate of drug-likeness (QED) is 0.909. The summed E-state index contributed by atoms with van der Waals surface area (Å²) in [6.45, 7) is 4.00. The number of para-hydroxylation sites is 1. The van der Waals surface area contributed by atoms with Crippen molar-refractivity contribution in [2.75, 3.05) is 24.7 Å². The molecule has 2 saturated heterocycles. The predicted molar refractivity (Wildman–Crippen MR) is 98.5 cm³/mol. The Balaban J connectivity index is 1.55. The lowest BCUT2D eigenvalue weighted by Crippen LogP contribution is -2.52. The first-order valence-electron chi connectivity index (χ1n) is 9.26. The van der Waals surface area contributed by atoms with Crippen LogP contribution in [0, 0.1) is 5.92 Å². The van der Waals surface area contributed by atoms with Crippen LogP contribution in [0.15, 0.2) is 42.6 Å². The number of ether oxygens (including phenoxy) is 2. The van der Waals surface area contributed by atoms with E-state index in [1.54, 1.807) is 12.3 Å². The summed E-state index contributed by atoms with van der Waals surface area (Å²) >= 11 is 0. The summed E-state index contributed by atoms with van der Waals surface area (Å²) in [5.41, 5.74) is -0.719. The van der Waals surface area contributed by atoms with Gasteiger partial charge in [-0.1, -0.05) is 18.2 Å². The first-order valence-corrected chi connectivity index (χ1v) is 9.26. The monoisotopic (exact) mass is 355 g/mol. The van der Waals surface area contributed by atoms with E-state index in [4.69, 9.17) is 9.47 Å². The molecule has 3 atom stereocenters. The van der Waals surface area contributed by atoms with E-state index in [9.17, 15) is 5.11 Å². The highest BCUT2D eigenvalue weighted by Gasteiger charge is 2.44. The maximum Gasteiger partial charge on any atom is 0.228 e. The molecule has 0 amide bonds. The Kier molecular flexibility index (Phi) is 4.78. The van der Waals surface area contributed by atoms with E-state index in [1.807, 2.05) is 37.3 Å². The molecule has 4 rings (SSSR count). The van der Waals surface area contributed by atoms with Gasteiger partial charge in [0, 0.05) is 37.4 Å². The summed E-state index contributed by atoms with van der Waals surface area (Å²) in [6.07, 6.45) is 4.47. The molecule has 0 radical (unpaired) electrons. The summed E-state index contributed by atoms with van der Waals surface area (Å²) < 4.78 is 11.5. The highest BCUT2D eigenvalue weighted by Crippen LogP contribution is 2.37. The molecule has 3 heterocycles. The molecule has 1 aromatic carbocycles. The van der Waals surface area contributed by atoms with Gasteiger partial charge in [0.15, 0.2) is 0 Å². The van der Waals surface area contributed by atoms with Gasteiger partial charge in [-0.25, -0.2) is 4.98 Å². The highest BCUT2D eigenvalue weighted by molar-refractivity contribution is 5.37. The average molecular weight is 355 g/mol. The molecule has 1 N–H and O–H groups in total.